The zero-order valence-electron chi connectivity index (χ0n) is 86.4. The summed E-state index contributed by atoms with van der Waals surface area (Å²) in [6, 6.07) is 81.0. The Morgan fingerprint density at radius 1 is 0.449 bits per heavy atom. The molecule has 2 bridgehead atoms. The number of hydrogen-bond acceptors (Lipinski definition) is 27. The van der Waals surface area contributed by atoms with Crippen LogP contribution in [0.2, 0.25) is 0 Å². The Kier molecular flexibility index (Phi) is 43.5. The highest BCUT2D eigenvalue weighted by atomic mass is 32.2. The van der Waals surface area contributed by atoms with E-state index in [0.29, 0.717) is 152 Å². The first-order chi connectivity index (χ1) is 70.7. The summed E-state index contributed by atoms with van der Waals surface area (Å²) in [7, 11) is 8.35. The molecule has 0 radical (unpaired) electrons. The second-order valence-electron chi connectivity index (χ2n) is 37.3. The van der Waals surface area contributed by atoms with Gasteiger partial charge in [0.05, 0.1) is 71.5 Å². The van der Waals surface area contributed by atoms with Gasteiger partial charge in [0.2, 0.25) is 23.4 Å². The molecule has 16 rings (SSSR count). The van der Waals surface area contributed by atoms with Gasteiger partial charge in [0.25, 0.3) is 0 Å². The fourth-order valence-electron chi connectivity index (χ4n) is 16.4. The van der Waals surface area contributed by atoms with E-state index in [1.165, 1.54) is 26.7 Å². The van der Waals surface area contributed by atoms with E-state index in [0.717, 1.165) is 65.9 Å². The first-order valence-electron chi connectivity index (χ1n) is 49.3. The minimum absolute atomic E-state index is 0.0000860. The van der Waals surface area contributed by atoms with E-state index >= 15 is 0 Å². The average Bonchev–Trinajstić information content (AvgIpc) is 1.56. The van der Waals surface area contributed by atoms with Gasteiger partial charge in [-0.2, -0.15) is 0 Å². The molecule has 2 aliphatic carbocycles. The summed E-state index contributed by atoms with van der Waals surface area (Å²) in [6.07, 6.45) is 3.68. The number of thioether (sulfide) groups is 1. The van der Waals surface area contributed by atoms with E-state index in [1.807, 2.05) is 232 Å². The Balaban J connectivity index is 0.000000168. The van der Waals surface area contributed by atoms with Crippen molar-refractivity contribution in [2.45, 2.75) is 138 Å². The summed E-state index contributed by atoms with van der Waals surface area (Å²) in [5, 5.41) is 4.32. The number of aryl methyl sites for hydroxylation is 1. The lowest BCUT2D eigenvalue weighted by Crippen LogP contribution is -2.32. The number of Topliss-reactive ketones (excluding diaryl/α,β-unsaturated/α-hetero) is 3. The molecule has 2 saturated carbocycles. The van der Waals surface area contributed by atoms with Crippen molar-refractivity contribution >= 4 is 137 Å². The normalized spacial score (nSPS) is 16.3. The van der Waals surface area contributed by atoms with Crippen molar-refractivity contribution in [2.24, 2.45) is 45.8 Å². The number of methoxy groups -OCH3 is 4. The number of anilines is 2. The Labute approximate surface area is 878 Å². The number of hydrogen-bond donors (Lipinski definition) is 1. The van der Waals surface area contributed by atoms with Crippen molar-refractivity contribution in [1.82, 2.24) is 0 Å². The van der Waals surface area contributed by atoms with Crippen LogP contribution in [0.1, 0.15) is 166 Å². The molecule has 4 aliphatic rings. The first kappa shape index (κ1) is 115. The molecule has 1 N–H and O–H groups in total. The highest BCUT2D eigenvalue weighted by Gasteiger charge is 2.63. The molecule has 0 spiro atoms. The lowest BCUT2D eigenvalue weighted by Gasteiger charge is -2.25. The fourth-order valence-corrected chi connectivity index (χ4v) is 20.3. The number of carbonyl (C=O) groups is 10. The van der Waals surface area contributed by atoms with Crippen molar-refractivity contribution in [2.75, 3.05) is 125 Å². The van der Waals surface area contributed by atoms with E-state index in [1.54, 1.807) is 144 Å². The van der Waals surface area contributed by atoms with Crippen LogP contribution in [0.25, 0.3) is 20.2 Å². The second kappa shape index (κ2) is 55.9. The smallest absolute Gasteiger partial charge is 0.311 e. The number of ketones is 6. The minimum Gasteiger partial charge on any atom is -0.491 e. The van der Waals surface area contributed by atoms with Crippen molar-refractivity contribution in [1.29, 1.82) is 0 Å². The van der Waals surface area contributed by atoms with E-state index in [9.17, 15) is 52.7 Å². The van der Waals surface area contributed by atoms with Gasteiger partial charge < -0.3 is 57.4 Å². The van der Waals surface area contributed by atoms with Crippen LogP contribution in [0.4, 0.5) is 11.4 Å². The minimum atomic E-state index is -0.471. The molecule has 3 fully saturated rings. The van der Waals surface area contributed by atoms with Crippen molar-refractivity contribution in [3.63, 3.8) is 0 Å². The van der Waals surface area contributed by atoms with E-state index in [-0.39, 0.29) is 111 Å². The number of fused-ring (bicyclic) bond motifs is 5. The van der Waals surface area contributed by atoms with Gasteiger partial charge in [-0.25, -0.2) is 0 Å². The number of imide groups is 1. The summed E-state index contributed by atoms with van der Waals surface area (Å²) in [6.45, 7) is 26.2. The monoisotopic (exact) mass is 2070 g/mol. The summed E-state index contributed by atoms with van der Waals surface area (Å²) < 4.78 is 60.4. The van der Waals surface area contributed by atoms with Crippen molar-refractivity contribution < 1.29 is 100 Å². The maximum atomic E-state index is 13.0. The first-order valence-corrected chi connectivity index (χ1v) is 52.6. The van der Waals surface area contributed by atoms with Crippen LogP contribution in [0.3, 0.4) is 0 Å². The highest BCUT2D eigenvalue weighted by Crippen LogP contribution is 2.57. The zero-order valence-corrected chi connectivity index (χ0v) is 89.6. The number of nitrogens with one attached hydrogen (secondary N) is 1. The third kappa shape index (κ3) is 31.2. The van der Waals surface area contributed by atoms with Crippen LogP contribution in [-0.2, 0) is 68.3 Å². The van der Waals surface area contributed by atoms with Crippen LogP contribution in [0.15, 0.2) is 290 Å². The predicted octanol–water partition coefficient (Wildman–Crippen LogP) is 23.4. The summed E-state index contributed by atoms with van der Waals surface area (Å²) in [4.78, 5) is 142. The molecule has 1 aromatic heterocycles. The molecular formula is C119H132N2O22S4. The number of rotatable bonds is 40. The largest absolute Gasteiger partial charge is 0.491 e. The molecule has 2 amide bonds. The lowest BCUT2D eigenvalue weighted by atomic mass is 9.80. The van der Waals surface area contributed by atoms with Gasteiger partial charge in [0, 0.05) is 145 Å². The fraction of sp³-hybridized carbons (Fsp3) is 0.353. The summed E-state index contributed by atoms with van der Waals surface area (Å²) in [5.41, 5.74) is 6.46. The number of amides is 2. The Morgan fingerprint density at radius 2 is 0.878 bits per heavy atom. The Bertz CT molecular complexity index is 6420. The van der Waals surface area contributed by atoms with E-state index in [2.05, 4.69) is 36.5 Å². The van der Waals surface area contributed by atoms with Crippen LogP contribution in [0, 0.1) is 45.8 Å². The van der Waals surface area contributed by atoms with Gasteiger partial charge in [-0.1, -0.05) is 145 Å². The SMILES string of the molecule is CC1C(=O)N(c2ccc(Sc3ccc(C(=O)c4ccccc4)cc3)cc2)C(=O)C1C.CCC(C)(C)C(=O)OCC1CC(=O)c2ccccc2S1.CCC(C)(C)C(=O)OCCOCC1CC2C(=O)C(=O)C1C2(C)C.CCc1ccc(Sc2ccc(C(=O)c3ccc(NC)cc3)cc2)cc1.COCCOc1ccc(C(=O)c2ccc(OCCOC)cc2)cc1.COCCOc1ccc(OCCOC)c2c(=O)c3ccccc3sc12. The predicted molar refractivity (Wildman–Crippen MR) is 580 cm³/mol. The third-order valence-electron chi connectivity index (χ3n) is 26.2. The van der Waals surface area contributed by atoms with Crippen molar-refractivity contribution in [3.05, 3.63) is 316 Å². The number of benzene rings is 11. The molecule has 147 heavy (non-hydrogen) atoms. The van der Waals surface area contributed by atoms with Gasteiger partial charge in [0.15, 0.2) is 28.6 Å². The lowest BCUT2D eigenvalue weighted by molar-refractivity contribution is -0.156. The summed E-state index contributed by atoms with van der Waals surface area (Å²) >= 11 is 6.42. The quantitative estimate of drug-likeness (QED) is 0.00931. The molecule has 11 aromatic carbocycles. The Hall–Kier alpha value is -12.7. The van der Waals surface area contributed by atoms with Crippen LogP contribution in [-0.4, -0.2) is 178 Å². The number of nitrogens with zero attached hydrogens (tertiary/aromatic N) is 1. The molecule has 774 valence electrons. The molecular weight excluding hydrogens is 1940 g/mol. The van der Waals surface area contributed by atoms with E-state index < -0.39 is 10.8 Å². The molecule has 12 aromatic rings. The number of carbonyl (C=O) groups excluding carboxylic acids is 10. The van der Waals surface area contributed by atoms with Gasteiger partial charge in [0.1, 0.15) is 62.6 Å². The van der Waals surface area contributed by atoms with E-state index in [4.69, 9.17) is 52.1 Å². The molecule has 6 unspecified atom stereocenters. The zero-order chi connectivity index (χ0) is 106. The van der Waals surface area contributed by atoms with Gasteiger partial charge in [-0.05, 0) is 258 Å². The van der Waals surface area contributed by atoms with Gasteiger partial charge >= 0.3 is 11.9 Å². The van der Waals surface area contributed by atoms with Crippen LogP contribution < -0.4 is 34.6 Å². The molecule has 6 atom stereocenters. The molecule has 2 aliphatic heterocycles. The maximum Gasteiger partial charge on any atom is 0.311 e. The number of esters is 2. The van der Waals surface area contributed by atoms with Crippen LogP contribution in [0.5, 0.6) is 23.0 Å². The number of ether oxygens (including phenoxy) is 11. The standard InChI is InChI=1S/C25H21NO3S.C22H21NOS.C19H20O5S.C19H22O5.C18H28O5.C16H20O3S/c1-16-17(2)25(29)26(24(16)28)20-10-14-22(15-11-20)30-21-12-8-19(9-13-21)23(27)18-6-4-3-5-7-18;1-3-16-4-12-20(13-5-16)25-21-14-8-18(9-15-21)22(24)17-6-10-19(23-2)11-7-17;1-21-9-11-23-14-7-8-15(24-12-10-22-2)19-17(14)18(20)13-5-3-4-6-16(13)25-19;1-21-11-13-23-17-7-3-15(4-8-17)19(20)16-5-9-18(10-6-16)24-14-12-22-2;1-6-17(2,3)16(21)23-8-7-22-10-11-9-12-14(19)15(20)13(11)18(12,4)5;1-4-16(2,3)15(18)19-10-11-9-13(17)12-7-5-6-8-14(12)20-11/h3-17H,1-2H3;4-15,23H,3H2,1-2H3;3-8H,9-12H2,1-2H3;3-10H,11-14H2,1-2H3;11-13H,6-10H2,1-5H3;5-8,11H,4,9-10H2,1-3H3. The van der Waals surface area contributed by atoms with Crippen LogP contribution >= 0.6 is 46.6 Å². The maximum absolute atomic E-state index is 13.0. The van der Waals surface area contributed by atoms with Crippen molar-refractivity contribution in [3.8, 4) is 23.0 Å². The highest BCUT2D eigenvalue weighted by molar-refractivity contribution is 8.00. The third-order valence-corrected chi connectivity index (χ3v) is 30.6. The van der Waals surface area contributed by atoms with Gasteiger partial charge in [-0.3, -0.25) is 57.6 Å². The molecule has 3 heterocycles. The summed E-state index contributed by atoms with van der Waals surface area (Å²) in [5.74, 6) is 0.809. The topological polar surface area (TPSA) is 305 Å². The molecule has 1 saturated heterocycles. The average molecular weight is 2070 g/mol. The Morgan fingerprint density at radius 3 is 1.35 bits per heavy atom. The molecule has 24 nitrogen and oxygen atoms in total. The molecule has 28 heteroatoms. The van der Waals surface area contributed by atoms with Gasteiger partial charge in [-0.15, -0.1) is 23.1 Å². The second-order valence-corrected chi connectivity index (χ2v) is 42.0.